The van der Waals surface area contributed by atoms with Crippen LogP contribution in [0.4, 0.5) is 11.4 Å². The maximum Gasteiger partial charge on any atom is 0.295 e. The molecule has 3 rings (SSSR count). The van der Waals surface area contributed by atoms with E-state index in [1.54, 1.807) is 20.0 Å². The number of aromatic nitrogens is 1. The number of sulfonamides is 1. The molecule has 30 heavy (non-hydrogen) atoms. The van der Waals surface area contributed by atoms with Crippen molar-refractivity contribution in [2.24, 2.45) is 5.10 Å². The highest BCUT2D eigenvalue weighted by molar-refractivity contribution is 9.10. The van der Waals surface area contributed by atoms with Crippen LogP contribution in [0.15, 0.2) is 57.1 Å². The average molecular weight is 494 g/mol. The fourth-order valence-corrected chi connectivity index (χ4v) is 4.86. The van der Waals surface area contributed by atoms with Crippen LogP contribution in [-0.2, 0) is 10.0 Å². The molecule has 0 bridgehead atoms. The van der Waals surface area contributed by atoms with Gasteiger partial charge in [0.25, 0.3) is 5.69 Å². The Labute approximate surface area is 182 Å². The molecule has 0 aliphatic rings. The molecule has 1 heterocycles. The molecule has 1 aromatic heterocycles. The number of nitrogens with one attached hydrogen (secondary N) is 2. The van der Waals surface area contributed by atoms with Gasteiger partial charge in [0.1, 0.15) is 5.69 Å². The second kappa shape index (κ2) is 8.94. The Morgan fingerprint density at radius 1 is 1.23 bits per heavy atom. The van der Waals surface area contributed by atoms with E-state index in [4.69, 9.17) is 0 Å². The van der Waals surface area contributed by atoms with E-state index in [2.05, 4.69) is 31.4 Å². The lowest BCUT2D eigenvalue weighted by Gasteiger charge is -2.18. The Hall–Kier alpha value is -2.76. The zero-order valence-electron chi connectivity index (χ0n) is 16.3. The number of nitrogens with zero attached hydrogens (tertiary/aromatic N) is 3. The number of hydrogen-bond donors (Lipinski definition) is 2. The predicted octanol–water partition coefficient (Wildman–Crippen LogP) is 4.32. The monoisotopic (exact) mass is 493 g/mol. The van der Waals surface area contributed by atoms with Crippen LogP contribution < -0.4 is 5.43 Å². The molecule has 2 N–H and O–H groups in total. The first-order chi connectivity index (χ1) is 14.3. The Bertz CT molecular complexity index is 1220. The molecule has 158 valence electrons. The first-order valence-corrected chi connectivity index (χ1v) is 11.4. The van der Waals surface area contributed by atoms with Crippen molar-refractivity contribution < 1.29 is 13.3 Å². The summed E-state index contributed by atoms with van der Waals surface area (Å²) in [5, 5.41) is 16.5. The molecule has 0 saturated carbocycles. The van der Waals surface area contributed by atoms with Gasteiger partial charge in [-0.2, -0.15) is 9.41 Å². The lowest BCUT2D eigenvalue weighted by Crippen LogP contribution is -2.30. The number of fused-ring (bicyclic) bond motifs is 1. The van der Waals surface area contributed by atoms with Crippen molar-refractivity contribution in [3.63, 3.8) is 0 Å². The highest BCUT2D eigenvalue weighted by Crippen LogP contribution is 2.29. The number of aromatic amines is 1. The van der Waals surface area contributed by atoms with Crippen LogP contribution in [0, 0.1) is 10.1 Å². The molecule has 9 nitrogen and oxygen atoms in total. The number of benzene rings is 2. The van der Waals surface area contributed by atoms with E-state index in [-0.39, 0.29) is 29.4 Å². The van der Waals surface area contributed by atoms with Crippen LogP contribution in [0.1, 0.15) is 19.4 Å². The minimum Gasteiger partial charge on any atom is -0.361 e. The van der Waals surface area contributed by atoms with Gasteiger partial charge >= 0.3 is 0 Å². The molecule has 0 atom stereocenters. The summed E-state index contributed by atoms with van der Waals surface area (Å²) in [6.07, 6.45) is 3.31. The molecule has 0 radical (unpaired) electrons. The molecule has 0 spiro atoms. The van der Waals surface area contributed by atoms with Crippen molar-refractivity contribution in [3.8, 4) is 0 Å². The van der Waals surface area contributed by atoms with E-state index in [9.17, 15) is 18.5 Å². The number of nitro benzene ring substituents is 1. The van der Waals surface area contributed by atoms with Crippen molar-refractivity contribution in [2.45, 2.75) is 18.7 Å². The molecule has 0 unspecified atom stereocenters. The lowest BCUT2D eigenvalue weighted by molar-refractivity contribution is -0.384. The van der Waals surface area contributed by atoms with E-state index in [0.29, 0.717) is 0 Å². The normalized spacial score (nSPS) is 12.1. The van der Waals surface area contributed by atoms with E-state index in [1.165, 1.54) is 22.7 Å². The fraction of sp³-hybridized carbons (Fsp3) is 0.211. The topological polar surface area (TPSA) is 121 Å². The third-order valence-corrected chi connectivity index (χ3v) is 7.11. The molecular weight excluding hydrogens is 474 g/mol. The summed E-state index contributed by atoms with van der Waals surface area (Å²) in [6.45, 7) is 3.97. The van der Waals surface area contributed by atoms with Gasteiger partial charge in [-0.25, -0.2) is 8.42 Å². The molecule has 0 amide bonds. The number of hydrazone groups is 1. The van der Waals surface area contributed by atoms with Crippen LogP contribution >= 0.6 is 15.9 Å². The number of hydrogen-bond acceptors (Lipinski definition) is 6. The summed E-state index contributed by atoms with van der Waals surface area (Å²) < 4.78 is 27.5. The largest absolute Gasteiger partial charge is 0.361 e. The van der Waals surface area contributed by atoms with Gasteiger partial charge in [0, 0.05) is 46.3 Å². The number of anilines is 1. The summed E-state index contributed by atoms with van der Waals surface area (Å²) in [7, 11) is -3.80. The second-order valence-corrected chi connectivity index (χ2v) is 9.18. The quantitative estimate of drug-likeness (QED) is 0.275. The molecule has 0 aliphatic carbocycles. The van der Waals surface area contributed by atoms with Crippen molar-refractivity contribution >= 4 is 54.4 Å². The number of nitro groups is 1. The van der Waals surface area contributed by atoms with Crippen molar-refractivity contribution in [2.75, 3.05) is 18.5 Å². The Morgan fingerprint density at radius 2 is 1.97 bits per heavy atom. The second-order valence-electron chi connectivity index (χ2n) is 6.33. The van der Waals surface area contributed by atoms with Crippen LogP contribution in [0.5, 0.6) is 0 Å². The summed E-state index contributed by atoms with van der Waals surface area (Å²) in [6, 6.07) is 9.50. The van der Waals surface area contributed by atoms with Crippen LogP contribution in [0.2, 0.25) is 0 Å². The summed E-state index contributed by atoms with van der Waals surface area (Å²) in [4.78, 5) is 13.9. The molecular formula is C19H20BrN5O4S. The third kappa shape index (κ3) is 4.37. The van der Waals surface area contributed by atoms with Crippen LogP contribution in [0.3, 0.4) is 0 Å². The molecule has 11 heteroatoms. The van der Waals surface area contributed by atoms with Gasteiger partial charge in [-0.3, -0.25) is 15.5 Å². The zero-order valence-corrected chi connectivity index (χ0v) is 18.7. The standard InChI is InChI=1S/C19H20BrN5O4S/c1-3-24(4-2)30(28,29)15-6-8-18(19(10-15)25(26)27)23-22-12-13-11-21-17-7-5-14(20)9-16(13)17/h5-12,21,23H,3-4H2,1-2H3. The van der Waals surface area contributed by atoms with Gasteiger partial charge in [0.05, 0.1) is 16.0 Å². The fourth-order valence-electron chi connectivity index (χ4n) is 3.02. The summed E-state index contributed by atoms with van der Waals surface area (Å²) in [5.74, 6) is 0. The molecule has 0 aliphatic heterocycles. The van der Waals surface area contributed by atoms with E-state index >= 15 is 0 Å². The lowest BCUT2D eigenvalue weighted by atomic mass is 10.2. The first-order valence-electron chi connectivity index (χ1n) is 9.12. The minimum atomic E-state index is -3.80. The van der Waals surface area contributed by atoms with Gasteiger partial charge in [0.15, 0.2) is 0 Å². The SMILES string of the molecule is CCN(CC)S(=O)(=O)c1ccc(NN=Cc2c[nH]c3ccc(Br)cc23)c([N+](=O)[O-])c1. The highest BCUT2D eigenvalue weighted by Gasteiger charge is 2.25. The Morgan fingerprint density at radius 3 is 2.63 bits per heavy atom. The van der Waals surface area contributed by atoms with Crippen molar-refractivity contribution in [3.05, 3.63) is 62.7 Å². The molecule has 0 saturated heterocycles. The van der Waals surface area contributed by atoms with E-state index in [1.807, 2.05) is 18.2 Å². The number of rotatable bonds is 8. The molecule has 2 aromatic carbocycles. The van der Waals surface area contributed by atoms with Crippen molar-refractivity contribution in [1.82, 2.24) is 9.29 Å². The smallest absolute Gasteiger partial charge is 0.295 e. The number of halogens is 1. The Balaban J connectivity index is 1.90. The van der Waals surface area contributed by atoms with Gasteiger partial charge in [0.2, 0.25) is 10.0 Å². The summed E-state index contributed by atoms with van der Waals surface area (Å²) >= 11 is 3.42. The van der Waals surface area contributed by atoms with Crippen LogP contribution in [0.25, 0.3) is 10.9 Å². The first kappa shape index (κ1) is 21.9. The number of H-pyrrole nitrogens is 1. The maximum atomic E-state index is 12.6. The van der Waals surface area contributed by atoms with Gasteiger partial charge in [-0.15, -0.1) is 0 Å². The maximum absolute atomic E-state index is 12.6. The Kier molecular flexibility index (Phi) is 6.54. The van der Waals surface area contributed by atoms with E-state index in [0.717, 1.165) is 27.0 Å². The van der Waals surface area contributed by atoms with E-state index < -0.39 is 14.9 Å². The molecule has 0 fully saturated rings. The summed E-state index contributed by atoms with van der Waals surface area (Å²) in [5.41, 5.74) is 4.08. The molecule has 3 aromatic rings. The van der Waals surface area contributed by atoms with Gasteiger partial charge in [-0.05, 0) is 30.3 Å². The van der Waals surface area contributed by atoms with Gasteiger partial charge in [-0.1, -0.05) is 29.8 Å². The van der Waals surface area contributed by atoms with Crippen LogP contribution in [-0.4, -0.2) is 41.9 Å². The predicted molar refractivity (Wildman–Crippen MR) is 120 cm³/mol. The minimum absolute atomic E-state index is 0.0933. The third-order valence-electron chi connectivity index (χ3n) is 4.57. The highest BCUT2D eigenvalue weighted by atomic mass is 79.9. The zero-order chi connectivity index (χ0) is 21.9. The average Bonchev–Trinajstić information content (AvgIpc) is 3.10. The van der Waals surface area contributed by atoms with Crippen molar-refractivity contribution in [1.29, 1.82) is 0 Å². The van der Waals surface area contributed by atoms with Gasteiger partial charge < -0.3 is 4.98 Å².